The predicted octanol–water partition coefficient (Wildman–Crippen LogP) is 3.91. The molecule has 1 aromatic carbocycles. The van der Waals surface area contributed by atoms with Crippen molar-refractivity contribution in [1.82, 2.24) is 10.3 Å². The zero-order valence-electron chi connectivity index (χ0n) is 16.6. The summed E-state index contributed by atoms with van der Waals surface area (Å²) in [4.78, 5) is 13.0. The highest BCUT2D eigenvalue weighted by atomic mass is 79.9. The number of H-pyrrole nitrogens is 1. The van der Waals surface area contributed by atoms with Gasteiger partial charge in [-0.2, -0.15) is 0 Å². The van der Waals surface area contributed by atoms with E-state index in [0.717, 1.165) is 50.1 Å². The molecule has 1 atom stereocenters. The van der Waals surface area contributed by atoms with Crippen LogP contribution in [0.4, 0.5) is 0 Å². The molecule has 0 amide bonds. The van der Waals surface area contributed by atoms with Gasteiger partial charge in [-0.25, -0.2) is 9.98 Å². The zero-order valence-corrected chi connectivity index (χ0v) is 18.2. The Morgan fingerprint density at radius 3 is 2.19 bits per heavy atom. The third-order valence-corrected chi connectivity index (χ3v) is 6.30. The number of nitrogens with one attached hydrogen (secondary N) is 2. The molecule has 5 heteroatoms. The minimum atomic E-state index is -0.358. The molecule has 5 heterocycles. The second-order valence-electron chi connectivity index (χ2n) is 8.00. The molecule has 4 nitrogen and oxygen atoms in total. The summed E-state index contributed by atoms with van der Waals surface area (Å²) >= 11 is 3.55. The van der Waals surface area contributed by atoms with E-state index in [2.05, 4.69) is 111 Å². The smallest absolute Gasteiger partial charge is 0.0868 e. The van der Waals surface area contributed by atoms with Crippen LogP contribution in [-0.2, 0) is 5.54 Å². The number of benzene rings is 1. The van der Waals surface area contributed by atoms with Crippen LogP contribution < -0.4 is 16.0 Å². The van der Waals surface area contributed by atoms with Gasteiger partial charge in [0.2, 0.25) is 0 Å². The third kappa shape index (κ3) is 3.51. The van der Waals surface area contributed by atoms with Crippen LogP contribution in [0.3, 0.4) is 0 Å². The Bertz CT molecular complexity index is 1420. The maximum absolute atomic E-state index is 4.85. The van der Waals surface area contributed by atoms with Gasteiger partial charge in [-0.15, -0.1) is 0 Å². The largest absolute Gasteiger partial charge is 0.372 e. The van der Waals surface area contributed by atoms with E-state index in [1.165, 1.54) is 5.56 Å². The second-order valence-corrected chi connectivity index (χ2v) is 8.92. The van der Waals surface area contributed by atoms with Crippen molar-refractivity contribution in [2.75, 3.05) is 0 Å². The predicted molar refractivity (Wildman–Crippen MR) is 130 cm³/mol. The van der Waals surface area contributed by atoms with Crippen molar-refractivity contribution in [3.63, 3.8) is 0 Å². The van der Waals surface area contributed by atoms with Gasteiger partial charge in [0.1, 0.15) is 0 Å². The zero-order chi connectivity index (χ0) is 20.8. The van der Waals surface area contributed by atoms with Crippen LogP contribution in [0, 0.1) is 0 Å². The molecule has 31 heavy (non-hydrogen) atoms. The highest BCUT2D eigenvalue weighted by Crippen LogP contribution is 2.36. The van der Waals surface area contributed by atoms with Crippen LogP contribution in [-0.4, -0.2) is 16.4 Å². The molecule has 4 aliphatic heterocycles. The minimum absolute atomic E-state index is 0.358. The van der Waals surface area contributed by atoms with Gasteiger partial charge < -0.3 is 10.3 Å². The topological polar surface area (TPSA) is 52.5 Å². The van der Waals surface area contributed by atoms with Gasteiger partial charge in [-0.05, 0) is 84.9 Å². The van der Waals surface area contributed by atoms with Crippen LogP contribution in [0.1, 0.15) is 12.0 Å². The maximum Gasteiger partial charge on any atom is 0.0868 e. The molecule has 2 N–H and O–H groups in total. The molecular formula is C26H19BrN4. The molecule has 2 aromatic rings. The molecule has 1 aromatic heterocycles. The van der Waals surface area contributed by atoms with Crippen molar-refractivity contribution < 1.29 is 0 Å². The van der Waals surface area contributed by atoms with Crippen molar-refractivity contribution in [3.05, 3.63) is 117 Å². The Morgan fingerprint density at radius 2 is 1.45 bits per heavy atom. The van der Waals surface area contributed by atoms with Crippen LogP contribution in [0.2, 0.25) is 0 Å². The summed E-state index contributed by atoms with van der Waals surface area (Å²) in [5, 5.41) is 5.79. The molecule has 1 unspecified atom stereocenters. The summed E-state index contributed by atoms with van der Waals surface area (Å²) in [6, 6.07) is 12.6. The Kier molecular flexibility index (Phi) is 4.18. The van der Waals surface area contributed by atoms with Crippen LogP contribution in [0.15, 0.2) is 110 Å². The van der Waals surface area contributed by atoms with E-state index in [0.29, 0.717) is 0 Å². The molecule has 0 aliphatic carbocycles. The second kappa shape index (κ2) is 7.06. The number of rotatable bonds is 1. The van der Waals surface area contributed by atoms with Crippen LogP contribution in [0.5, 0.6) is 0 Å². The van der Waals surface area contributed by atoms with E-state index in [-0.39, 0.29) is 5.54 Å². The van der Waals surface area contributed by atoms with Gasteiger partial charge in [0.25, 0.3) is 0 Å². The molecule has 150 valence electrons. The van der Waals surface area contributed by atoms with Gasteiger partial charge in [0.15, 0.2) is 0 Å². The standard InChI is InChI=1S/C26H19BrN4/c27-18-3-1-17(2-4-18)26-12-11-24(31-26)15-23-8-7-20(29-23)13-19-5-6-21(28-19)14-22-9-10-25(16-26)30-22/h1-11,13-16,28,31H,12H2/b19-13-,21-14-,23-15-,25-16-. The third-order valence-electron chi connectivity index (χ3n) is 5.77. The van der Waals surface area contributed by atoms with E-state index >= 15 is 0 Å². The van der Waals surface area contributed by atoms with E-state index in [9.17, 15) is 0 Å². The molecular weight excluding hydrogens is 448 g/mol. The first-order valence-corrected chi connectivity index (χ1v) is 11.0. The van der Waals surface area contributed by atoms with Crippen molar-refractivity contribution in [2.24, 2.45) is 9.98 Å². The number of aliphatic imine (C=N–C) groups is 2. The molecule has 6 rings (SSSR count). The monoisotopic (exact) mass is 466 g/mol. The fourth-order valence-electron chi connectivity index (χ4n) is 4.28. The summed E-state index contributed by atoms with van der Waals surface area (Å²) in [6.45, 7) is 0. The van der Waals surface area contributed by atoms with E-state index in [1.54, 1.807) is 0 Å². The quantitative estimate of drug-likeness (QED) is 0.657. The maximum atomic E-state index is 4.85. The van der Waals surface area contributed by atoms with Crippen molar-refractivity contribution >= 4 is 39.5 Å². The highest BCUT2D eigenvalue weighted by molar-refractivity contribution is 9.10. The van der Waals surface area contributed by atoms with E-state index in [1.807, 2.05) is 6.08 Å². The van der Waals surface area contributed by atoms with Gasteiger partial charge >= 0.3 is 0 Å². The number of aromatic nitrogens is 1. The first-order chi connectivity index (χ1) is 15.1. The molecule has 0 fully saturated rings. The summed E-state index contributed by atoms with van der Waals surface area (Å²) in [6.07, 6.45) is 19.8. The number of allylic oxidation sites excluding steroid dienone is 5. The minimum Gasteiger partial charge on any atom is -0.372 e. The van der Waals surface area contributed by atoms with Crippen molar-refractivity contribution in [2.45, 2.75) is 12.0 Å². The fourth-order valence-corrected chi connectivity index (χ4v) is 4.54. The molecule has 0 spiro atoms. The lowest BCUT2D eigenvalue weighted by Gasteiger charge is -2.29. The highest BCUT2D eigenvalue weighted by Gasteiger charge is 2.34. The Labute approximate surface area is 188 Å². The average Bonchev–Trinajstić information content (AvgIpc) is 3.54. The summed E-state index contributed by atoms with van der Waals surface area (Å²) < 4.78 is 1.07. The summed E-state index contributed by atoms with van der Waals surface area (Å²) in [7, 11) is 0. The van der Waals surface area contributed by atoms with Crippen LogP contribution in [0.25, 0.3) is 12.2 Å². The number of halogens is 1. The molecule has 8 bridgehead atoms. The Balaban J connectivity index is 1.52. The number of hydrogen-bond acceptors (Lipinski definition) is 3. The summed E-state index contributed by atoms with van der Waals surface area (Å²) in [5.74, 6) is 0. The lowest BCUT2D eigenvalue weighted by Crippen LogP contribution is -2.35. The van der Waals surface area contributed by atoms with Gasteiger partial charge in [-0.1, -0.05) is 34.1 Å². The summed E-state index contributed by atoms with van der Waals surface area (Å²) in [5.41, 5.74) is 5.67. The average molecular weight is 467 g/mol. The molecule has 4 aliphatic rings. The normalized spacial score (nSPS) is 28.7. The Hall–Kier alpha value is -3.44. The van der Waals surface area contributed by atoms with E-state index < -0.39 is 0 Å². The SMILES string of the molecule is Brc1ccc(C23/C=C4/C=CC(=N4)/C=c4/cc/c([nH]4)=C/C4=NC(=C\C(=CC2)N3)/C=C4)cc1. The fraction of sp³-hybridized carbons (Fsp3) is 0.0769. The number of aromatic amines is 1. The number of nitrogens with zero attached hydrogens (tertiary/aromatic N) is 2. The number of hydrogen-bond donors (Lipinski definition) is 2. The lowest BCUT2D eigenvalue weighted by atomic mass is 9.87. The first-order valence-electron chi connectivity index (χ1n) is 10.2. The number of fused-ring (bicyclic) bond motifs is 6. The van der Waals surface area contributed by atoms with Crippen molar-refractivity contribution in [3.8, 4) is 0 Å². The van der Waals surface area contributed by atoms with Gasteiger partial charge in [0.05, 0.1) is 28.4 Å². The molecule has 0 radical (unpaired) electrons. The van der Waals surface area contributed by atoms with E-state index in [4.69, 9.17) is 9.98 Å². The molecule has 0 saturated heterocycles. The van der Waals surface area contributed by atoms with Gasteiger partial charge in [0, 0.05) is 20.9 Å². The molecule has 0 saturated carbocycles. The van der Waals surface area contributed by atoms with Gasteiger partial charge in [-0.3, -0.25) is 0 Å². The van der Waals surface area contributed by atoms with Crippen LogP contribution >= 0.6 is 15.9 Å². The lowest BCUT2D eigenvalue weighted by molar-refractivity contribution is 0.504. The first kappa shape index (κ1) is 18.3. The van der Waals surface area contributed by atoms with Crippen molar-refractivity contribution in [1.29, 1.82) is 0 Å². The Morgan fingerprint density at radius 1 is 0.774 bits per heavy atom.